The second-order valence-corrected chi connectivity index (χ2v) is 7.00. The lowest BCUT2D eigenvalue weighted by Gasteiger charge is -2.11. The van der Waals surface area contributed by atoms with Gasteiger partial charge in [0.15, 0.2) is 0 Å². The number of anilines is 1. The summed E-state index contributed by atoms with van der Waals surface area (Å²) < 4.78 is 0.911. The third kappa shape index (κ3) is 4.45. The van der Waals surface area contributed by atoms with Gasteiger partial charge >= 0.3 is 0 Å². The maximum absolute atomic E-state index is 4.73. The van der Waals surface area contributed by atoms with Gasteiger partial charge in [-0.15, -0.1) is 0 Å². The van der Waals surface area contributed by atoms with Crippen LogP contribution < -0.4 is 5.32 Å². The highest BCUT2D eigenvalue weighted by Crippen LogP contribution is 2.32. The van der Waals surface area contributed by atoms with Gasteiger partial charge in [-0.2, -0.15) is 11.8 Å². The van der Waals surface area contributed by atoms with Crippen LogP contribution in [0.2, 0.25) is 0 Å². The van der Waals surface area contributed by atoms with Crippen molar-refractivity contribution in [3.63, 3.8) is 0 Å². The van der Waals surface area contributed by atoms with E-state index in [4.69, 9.17) is 4.98 Å². The average molecular weight is 366 g/mol. The minimum atomic E-state index is 0.683. The zero-order chi connectivity index (χ0) is 15.2. The minimum absolute atomic E-state index is 0.683. The Balaban J connectivity index is 2.31. The van der Waals surface area contributed by atoms with Gasteiger partial charge in [0.05, 0.1) is 15.9 Å². The van der Waals surface area contributed by atoms with Gasteiger partial charge in [-0.1, -0.05) is 44.2 Å². The lowest BCUT2D eigenvalue weighted by atomic mass is 10.1. The number of thioether (sulfide) groups is 1. The van der Waals surface area contributed by atoms with Gasteiger partial charge in [-0.05, 0) is 27.6 Å². The van der Waals surface area contributed by atoms with Gasteiger partial charge in [0.25, 0.3) is 0 Å². The summed E-state index contributed by atoms with van der Waals surface area (Å²) >= 11 is 5.48. The van der Waals surface area contributed by atoms with Gasteiger partial charge in [0, 0.05) is 12.6 Å². The number of halogens is 1. The van der Waals surface area contributed by atoms with E-state index in [1.165, 1.54) is 0 Å². The Kier molecular flexibility index (Phi) is 6.06. The Labute approximate surface area is 139 Å². The average Bonchev–Trinajstić information content (AvgIpc) is 2.49. The highest BCUT2D eigenvalue weighted by atomic mass is 79.9. The monoisotopic (exact) mass is 365 g/mol. The molecule has 0 fully saturated rings. The van der Waals surface area contributed by atoms with Crippen LogP contribution in [0.25, 0.3) is 11.3 Å². The molecule has 1 aromatic heterocycles. The highest BCUT2D eigenvalue weighted by molar-refractivity contribution is 9.10. The summed E-state index contributed by atoms with van der Waals surface area (Å²) in [7, 11) is 1.88. The normalized spacial score (nSPS) is 10.9. The van der Waals surface area contributed by atoms with E-state index in [1.807, 2.05) is 37.0 Å². The van der Waals surface area contributed by atoms with Crippen molar-refractivity contribution in [3.05, 3.63) is 40.6 Å². The van der Waals surface area contributed by atoms with Crippen LogP contribution in [0.3, 0.4) is 0 Å². The van der Waals surface area contributed by atoms with E-state index in [0.717, 1.165) is 38.9 Å². The predicted molar refractivity (Wildman–Crippen MR) is 95.7 cm³/mol. The Morgan fingerprint density at radius 3 is 2.52 bits per heavy atom. The molecule has 0 saturated carbocycles. The van der Waals surface area contributed by atoms with E-state index in [9.17, 15) is 0 Å². The first-order chi connectivity index (χ1) is 10.1. The molecule has 2 aromatic rings. The number of benzene rings is 1. The smallest absolute Gasteiger partial charge is 0.144 e. The van der Waals surface area contributed by atoms with E-state index >= 15 is 0 Å². The van der Waals surface area contributed by atoms with Crippen LogP contribution in [-0.4, -0.2) is 22.8 Å². The van der Waals surface area contributed by atoms with E-state index in [0.29, 0.717) is 5.92 Å². The van der Waals surface area contributed by atoms with Crippen molar-refractivity contribution in [2.75, 3.05) is 18.1 Å². The molecule has 2 rings (SSSR count). The molecular weight excluding hydrogens is 346 g/mol. The molecule has 0 aliphatic rings. The predicted octanol–water partition coefficient (Wildman–Crippen LogP) is 4.84. The number of hydrogen-bond donors (Lipinski definition) is 1. The van der Waals surface area contributed by atoms with Crippen molar-refractivity contribution in [1.82, 2.24) is 9.97 Å². The number of hydrogen-bond acceptors (Lipinski definition) is 4. The summed E-state index contributed by atoms with van der Waals surface area (Å²) in [6, 6.07) is 10.2. The second-order valence-electron chi connectivity index (χ2n) is 5.18. The third-order valence-electron chi connectivity index (χ3n) is 2.86. The van der Waals surface area contributed by atoms with Crippen molar-refractivity contribution in [1.29, 1.82) is 0 Å². The Hall–Kier alpha value is -1.07. The van der Waals surface area contributed by atoms with Gasteiger partial charge in [-0.25, -0.2) is 9.97 Å². The fourth-order valence-electron chi connectivity index (χ4n) is 1.90. The minimum Gasteiger partial charge on any atom is -0.372 e. The van der Waals surface area contributed by atoms with Crippen LogP contribution in [0.15, 0.2) is 34.8 Å². The van der Waals surface area contributed by atoms with E-state index in [2.05, 4.69) is 52.2 Å². The molecule has 112 valence electrons. The van der Waals surface area contributed by atoms with Crippen LogP contribution in [0.5, 0.6) is 0 Å². The van der Waals surface area contributed by atoms with Crippen LogP contribution in [0.1, 0.15) is 19.7 Å². The Morgan fingerprint density at radius 2 is 1.90 bits per heavy atom. The van der Waals surface area contributed by atoms with Gasteiger partial charge < -0.3 is 5.32 Å². The summed E-state index contributed by atoms with van der Waals surface area (Å²) in [5.74, 6) is 4.34. The van der Waals surface area contributed by atoms with E-state index in [1.54, 1.807) is 0 Å². The molecule has 21 heavy (non-hydrogen) atoms. The van der Waals surface area contributed by atoms with Crippen LogP contribution >= 0.6 is 27.7 Å². The lowest BCUT2D eigenvalue weighted by molar-refractivity contribution is 0.750. The van der Waals surface area contributed by atoms with Crippen LogP contribution in [-0.2, 0) is 5.75 Å². The summed E-state index contributed by atoms with van der Waals surface area (Å²) in [5, 5.41) is 3.14. The SMILES string of the molecule is CNc1nc(CSCC(C)C)nc(-c2ccccc2)c1Br. The molecule has 0 saturated heterocycles. The Morgan fingerprint density at radius 1 is 1.19 bits per heavy atom. The fraction of sp³-hybridized carbons (Fsp3) is 0.375. The molecule has 0 radical (unpaired) electrons. The summed E-state index contributed by atoms with van der Waals surface area (Å²) in [4.78, 5) is 9.31. The standard InChI is InChI=1S/C16H20BrN3S/c1-11(2)9-21-10-13-19-15(12-7-5-4-6-8-12)14(17)16(18-3)20-13/h4-8,11H,9-10H2,1-3H3,(H,18,19,20). The number of rotatable bonds is 6. The molecule has 5 heteroatoms. The zero-order valence-electron chi connectivity index (χ0n) is 12.6. The van der Waals surface area contributed by atoms with Crippen molar-refractivity contribution < 1.29 is 0 Å². The summed E-state index contributed by atoms with van der Waals surface area (Å²) in [6.45, 7) is 4.45. The fourth-order valence-corrected chi connectivity index (χ4v) is 3.40. The highest BCUT2D eigenvalue weighted by Gasteiger charge is 2.13. The topological polar surface area (TPSA) is 37.8 Å². The number of nitrogens with one attached hydrogen (secondary N) is 1. The summed E-state index contributed by atoms with van der Waals surface area (Å²) in [6.07, 6.45) is 0. The molecule has 1 aromatic carbocycles. The molecule has 1 N–H and O–H groups in total. The van der Waals surface area contributed by atoms with Crippen molar-refractivity contribution >= 4 is 33.5 Å². The first kappa shape index (κ1) is 16.3. The first-order valence-corrected chi connectivity index (χ1v) is 8.94. The molecule has 0 atom stereocenters. The largest absolute Gasteiger partial charge is 0.372 e. The number of nitrogens with zero attached hydrogens (tertiary/aromatic N) is 2. The Bertz CT molecular complexity index is 588. The maximum atomic E-state index is 4.73. The van der Waals surface area contributed by atoms with Gasteiger partial charge in [0.1, 0.15) is 11.6 Å². The zero-order valence-corrected chi connectivity index (χ0v) is 15.0. The first-order valence-electron chi connectivity index (χ1n) is 6.99. The van der Waals surface area contributed by atoms with Crippen LogP contribution in [0.4, 0.5) is 5.82 Å². The quantitative estimate of drug-likeness (QED) is 0.794. The molecule has 0 aliphatic carbocycles. The van der Waals surface area contributed by atoms with E-state index < -0.39 is 0 Å². The number of aromatic nitrogens is 2. The second kappa shape index (κ2) is 7.80. The molecule has 3 nitrogen and oxygen atoms in total. The molecule has 0 unspecified atom stereocenters. The molecule has 0 bridgehead atoms. The third-order valence-corrected chi connectivity index (χ3v) is 4.98. The molecule has 0 amide bonds. The van der Waals surface area contributed by atoms with Gasteiger partial charge in [-0.3, -0.25) is 0 Å². The molecule has 1 heterocycles. The molecular formula is C16H20BrN3S. The van der Waals surface area contributed by atoms with Crippen LogP contribution in [0, 0.1) is 5.92 Å². The van der Waals surface area contributed by atoms with Crippen molar-refractivity contribution in [2.24, 2.45) is 5.92 Å². The summed E-state index contributed by atoms with van der Waals surface area (Å²) in [5.41, 5.74) is 2.04. The van der Waals surface area contributed by atoms with Crippen molar-refractivity contribution in [2.45, 2.75) is 19.6 Å². The molecule has 0 aliphatic heterocycles. The van der Waals surface area contributed by atoms with Gasteiger partial charge in [0.2, 0.25) is 0 Å². The molecule has 0 spiro atoms. The maximum Gasteiger partial charge on any atom is 0.144 e. The van der Waals surface area contributed by atoms with Crippen molar-refractivity contribution in [3.8, 4) is 11.3 Å². The van der Waals surface area contributed by atoms with E-state index in [-0.39, 0.29) is 0 Å². The lowest BCUT2D eigenvalue weighted by Crippen LogP contribution is -2.03.